The molecule has 1 aromatic carbocycles. The Morgan fingerprint density at radius 2 is 2.00 bits per heavy atom. The molecule has 0 atom stereocenters. The molecule has 0 aliphatic heterocycles. The van der Waals surface area contributed by atoms with Gasteiger partial charge in [-0.05, 0) is 38.1 Å². The molecule has 4 nitrogen and oxygen atoms in total. The SMILES string of the molecule is CC(C)S(=O)(=O)CCn1ccc2cc(C=O)ccc21. The fourth-order valence-electron chi connectivity index (χ4n) is 1.95. The lowest BCUT2D eigenvalue weighted by Crippen LogP contribution is -2.20. The van der Waals surface area contributed by atoms with Gasteiger partial charge in [0.1, 0.15) is 6.29 Å². The molecule has 1 aromatic heterocycles. The lowest BCUT2D eigenvalue weighted by molar-refractivity contribution is 0.112. The molecule has 0 fully saturated rings. The number of sulfone groups is 1. The van der Waals surface area contributed by atoms with Crippen molar-refractivity contribution in [1.29, 1.82) is 0 Å². The van der Waals surface area contributed by atoms with Crippen molar-refractivity contribution in [2.24, 2.45) is 0 Å². The highest BCUT2D eigenvalue weighted by Gasteiger charge is 2.16. The summed E-state index contributed by atoms with van der Waals surface area (Å²) < 4.78 is 25.5. The first-order chi connectivity index (χ1) is 8.94. The summed E-state index contributed by atoms with van der Waals surface area (Å²) in [7, 11) is -3.03. The number of benzene rings is 1. The van der Waals surface area contributed by atoms with E-state index in [0.29, 0.717) is 12.1 Å². The molecular formula is C14H17NO3S. The third-order valence-electron chi connectivity index (χ3n) is 3.27. The van der Waals surface area contributed by atoms with Crippen molar-refractivity contribution in [2.75, 3.05) is 5.75 Å². The summed E-state index contributed by atoms with van der Waals surface area (Å²) in [4.78, 5) is 10.7. The Hall–Kier alpha value is -1.62. The first-order valence-corrected chi connectivity index (χ1v) is 7.91. The maximum absolute atomic E-state index is 11.8. The molecule has 0 aliphatic carbocycles. The van der Waals surface area contributed by atoms with Gasteiger partial charge < -0.3 is 4.57 Å². The van der Waals surface area contributed by atoms with Crippen molar-refractivity contribution in [2.45, 2.75) is 25.6 Å². The van der Waals surface area contributed by atoms with Crippen LogP contribution in [-0.2, 0) is 16.4 Å². The number of aromatic nitrogens is 1. The molecule has 0 N–H and O–H groups in total. The van der Waals surface area contributed by atoms with Gasteiger partial charge in [-0.25, -0.2) is 8.42 Å². The van der Waals surface area contributed by atoms with Gasteiger partial charge in [0.05, 0.1) is 11.0 Å². The fraction of sp³-hybridized carbons (Fsp3) is 0.357. The molecule has 0 saturated carbocycles. The second kappa shape index (κ2) is 5.17. The Morgan fingerprint density at radius 3 is 2.63 bits per heavy atom. The summed E-state index contributed by atoms with van der Waals surface area (Å²) in [5.41, 5.74) is 1.57. The summed E-state index contributed by atoms with van der Waals surface area (Å²) in [5.74, 6) is 0.129. The largest absolute Gasteiger partial charge is 0.346 e. The van der Waals surface area contributed by atoms with Crippen molar-refractivity contribution in [3.63, 3.8) is 0 Å². The first-order valence-electron chi connectivity index (χ1n) is 6.19. The van der Waals surface area contributed by atoms with Crippen molar-refractivity contribution < 1.29 is 13.2 Å². The minimum absolute atomic E-state index is 0.129. The number of aryl methyl sites for hydroxylation is 1. The van der Waals surface area contributed by atoms with E-state index in [0.717, 1.165) is 17.2 Å². The molecule has 0 bridgehead atoms. The van der Waals surface area contributed by atoms with Crippen LogP contribution in [-0.4, -0.2) is 30.3 Å². The predicted molar refractivity (Wildman–Crippen MR) is 76.2 cm³/mol. The molecular weight excluding hydrogens is 262 g/mol. The third-order valence-corrected chi connectivity index (χ3v) is 5.45. The Bertz CT molecular complexity index is 699. The van der Waals surface area contributed by atoms with E-state index in [4.69, 9.17) is 0 Å². The quantitative estimate of drug-likeness (QED) is 0.789. The lowest BCUT2D eigenvalue weighted by Gasteiger charge is -2.09. The molecule has 0 aliphatic rings. The summed E-state index contributed by atoms with van der Waals surface area (Å²) >= 11 is 0. The molecule has 0 radical (unpaired) electrons. The zero-order valence-electron chi connectivity index (χ0n) is 11.0. The second-order valence-corrected chi connectivity index (χ2v) is 7.54. The molecule has 0 saturated heterocycles. The van der Waals surface area contributed by atoms with Crippen molar-refractivity contribution in [3.05, 3.63) is 36.0 Å². The van der Waals surface area contributed by atoms with Gasteiger partial charge in [-0.1, -0.05) is 0 Å². The van der Waals surface area contributed by atoms with E-state index < -0.39 is 9.84 Å². The second-order valence-electron chi connectivity index (χ2n) is 4.86. The molecule has 19 heavy (non-hydrogen) atoms. The number of carbonyl (C=O) groups is 1. The summed E-state index contributed by atoms with van der Waals surface area (Å²) in [6, 6.07) is 7.28. The highest BCUT2D eigenvalue weighted by molar-refractivity contribution is 7.91. The normalized spacial score (nSPS) is 12.2. The molecule has 0 amide bonds. The molecule has 102 valence electrons. The van der Waals surface area contributed by atoms with Gasteiger partial charge in [0.15, 0.2) is 9.84 Å². The van der Waals surface area contributed by atoms with Crippen molar-refractivity contribution in [1.82, 2.24) is 4.57 Å². The van der Waals surface area contributed by atoms with Gasteiger partial charge in [0.2, 0.25) is 0 Å². The Balaban J connectivity index is 2.25. The van der Waals surface area contributed by atoms with E-state index in [9.17, 15) is 13.2 Å². The Kier molecular flexibility index (Phi) is 3.75. The topological polar surface area (TPSA) is 56.1 Å². The van der Waals surface area contributed by atoms with Crippen LogP contribution in [0.3, 0.4) is 0 Å². The van der Waals surface area contributed by atoms with Crippen LogP contribution in [0.5, 0.6) is 0 Å². The van der Waals surface area contributed by atoms with Crippen LogP contribution in [0.15, 0.2) is 30.5 Å². The van der Waals surface area contributed by atoms with Gasteiger partial charge >= 0.3 is 0 Å². The third kappa shape index (κ3) is 2.87. The highest BCUT2D eigenvalue weighted by Crippen LogP contribution is 2.17. The maximum atomic E-state index is 11.8. The highest BCUT2D eigenvalue weighted by atomic mass is 32.2. The summed E-state index contributed by atoms with van der Waals surface area (Å²) in [5, 5.41) is 0.600. The van der Waals surface area contributed by atoms with Crippen LogP contribution in [0, 0.1) is 0 Å². The van der Waals surface area contributed by atoms with Crippen LogP contribution < -0.4 is 0 Å². The van der Waals surface area contributed by atoms with E-state index in [1.165, 1.54) is 0 Å². The summed E-state index contributed by atoms with van der Waals surface area (Å²) in [6.45, 7) is 3.82. The van der Waals surface area contributed by atoms with E-state index in [1.54, 1.807) is 26.0 Å². The lowest BCUT2D eigenvalue weighted by atomic mass is 10.2. The fourth-order valence-corrected chi connectivity index (χ4v) is 2.87. The zero-order valence-corrected chi connectivity index (χ0v) is 11.9. The minimum Gasteiger partial charge on any atom is -0.346 e. The van der Waals surface area contributed by atoms with Gasteiger partial charge in [0.25, 0.3) is 0 Å². The van der Waals surface area contributed by atoms with Gasteiger partial charge in [-0.15, -0.1) is 0 Å². The van der Waals surface area contributed by atoms with Crippen LogP contribution in [0.2, 0.25) is 0 Å². The predicted octanol–water partition coefficient (Wildman–Crippen LogP) is 2.28. The van der Waals surface area contributed by atoms with Crippen LogP contribution in [0.4, 0.5) is 0 Å². The van der Waals surface area contributed by atoms with Crippen molar-refractivity contribution in [3.8, 4) is 0 Å². The number of fused-ring (bicyclic) bond motifs is 1. The van der Waals surface area contributed by atoms with Crippen LogP contribution in [0.1, 0.15) is 24.2 Å². The van der Waals surface area contributed by atoms with E-state index in [-0.39, 0.29) is 11.0 Å². The molecule has 1 heterocycles. The summed E-state index contributed by atoms with van der Waals surface area (Å²) in [6.07, 6.45) is 2.66. The monoisotopic (exact) mass is 279 g/mol. The molecule has 5 heteroatoms. The maximum Gasteiger partial charge on any atom is 0.154 e. The Labute approximate surface area is 113 Å². The molecule has 0 unspecified atom stereocenters. The standard InChI is InChI=1S/C14H17NO3S/c1-11(2)19(17,18)8-7-15-6-5-13-9-12(10-16)3-4-14(13)15/h3-6,9-11H,7-8H2,1-2H3. The van der Waals surface area contributed by atoms with E-state index in [2.05, 4.69) is 0 Å². The van der Waals surface area contributed by atoms with E-state index >= 15 is 0 Å². The average Bonchev–Trinajstić information content (AvgIpc) is 2.78. The van der Waals surface area contributed by atoms with Crippen molar-refractivity contribution >= 4 is 27.0 Å². The minimum atomic E-state index is -3.03. The number of rotatable bonds is 5. The average molecular weight is 279 g/mol. The first kappa shape index (κ1) is 13.8. The number of hydrogen-bond donors (Lipinski definition) is 0. The molecule has 0 spiro atoms. The zero-order chi connectivity index (χ0) is 14.0. The van der Waals surface area contributed by atoms with Gasteiger partial charge in [0, 0.05) is 29.2 Å². The number of aldehydes is 1. The molecule has 2 rings (SSSR count). The number of carbonyl (C=O) groups excluding carboxylic acids is 1. The van der Waals surface area contributed by atoms with Crippen LogP contribution in [0.25, 0.3) is 10.9 Å². The van der Waals surface area contributed by atoms with Crippen LogP contribution >= 0.6 is 0 Å². The van der Waals surface area contributed by atoms with Gasteiger partial charge in [-0.3, -0.25) is 4.79 Å². The molecule has 2 aromatic rings. The smallest absolute Gasteiger partial charge is 0.154 e. The number of nitrogens with zero attached hydrogens (tertiary/aromatic N) is 1. The number of hydrogen-bond acceptors (Lipinski definition) is 3. The van der Waals surface area contributed by atoms with E-state index in [1.807, 2.05) is 22.9 Å². The Morgan fingerprint density at radius 1 is 1.26 bits per heavy atom. The van der Waals surface area contributed by atoms with Gasteiger partial charge in [-0.2, -0.15) is 0 Å².